The molecule has 0 aliphatic carbocycles. The Morgan fingerprint density at radius 3 is 2.65 bits per heavy atom. The largest absolute Gasteiger partial charge is 0.544 e. The number of para-hydroxylation sites is 1. The maximum absolute atomic E-state index is 11.5. The number of methoxy groups -OCH3 is 1. The maximum atomic E-state index is 11.5. The molecule has 1 heterocycles. The molecule has 0 radical (unpaired) electrons. The van der Waals surface area contributed by atoms with Gasteiger partial charge in [0.2, 0.25) is 5.89 Å². The summed E-state index contributed by atoms with van der Waals surface area (Å²) in [6.07, 6.45) is 1.43. The monoisotopic (exact) mass is 387 g/mol. The smallest absolute Gasteiger partial charge is 0.281 e. The highest BCUT2D eigenvalue weighted by molar-refractivity contribution is 8.03. The van der Waals surface area contributed by atoms with Gasteiger partial charge in [0, 0.05) is 10.5 Å². The van der Waals surface area contributed by atoms with Gasteiger partial charge in [0.25, 0.3) is 5.22 Å². The summed E-state index contributed by atoms with van der Waals surface area (Å²) in [6.45, 7) is 0. The van der Waals surface area contributed by atoms with Crippen molar-refractivity contribution in [2.24, 2.45) is 0 Å². The van der Waals surface area contributed by atoms with E-state index < -0.39 is 5.97 Å². The fraction of sp³-hybridized carbons (Fsp3) is 0.0556. The molecule has 0 saturated heterocycles. The topological polar surface area (TPSA) is 88.3 Å². The Morgan fingerprint density at radius 1 is 1.19 bits per heavy atom. The Morgan fingerprint density at radius 2 is 1.92 bits per heavy atom. The van der Waals surface area contributed by atoms with Gasteiger partial charge in [-0.1, -0.05) is 41.9 Å². The third-order valence-corrected chi connectivity index (χ3v) is 4.51. The Balaban J connectivity index is 1.89. The molecule has 0 aliphatic heterocycles. The molecule has 0 aliphatic rings. The fourth-order valence-corrected chi connectivity index (χ4v) is 3.02. The number of thioether (sulfide) groups is 1. The van der Waals surface area contributed by atoms with Gasteiger partial charge in [0.15, 0.2) is 0 Å². The summed E-state index contributed by atoms with van der Waals surface area (Å²) in [7, 11) is 1.51. The molecule has 0 atom stereocenters. The quantitative estimate of drug-likeness (QED) is 0.473. The summed E-state index contributed by atoms with van der Waals surface area (Å²) in [4.78, 5) is 11.4. The van der Waals surface area contributed by atoms with Gasteiger partial charge < -0.3 is 19.1 Å². The van der Waals surface area contributed by atoms with Gasteiger partial charge in [-0.15, -0.1) is 10.2 Å². The van der Waals surface area contributed by atoms with Crippen LogP contribution in [0.5, 0.6) is 5.75 Å². The number of hydrogen-bond donors (Lipinski definition) is 0. The van der Waals surface area contributed by atoms with Crippen molar-refractivity contribution in [2.45, 2.75) is 5.22 Å². The second kappa shape index (κ2) is 8.07. The van der Waals surface area contributed by atoms with Crippen molar-refractivity contribution in [3.05, 3.63) is 64.0 Å². The lowest BCUT2D eigenvalue weighted by Crippen LogP contribution is -2.23. The molecule has 0 bridgehead atoms. The second-order valence-corrected chi connectivity index (χ2v) is 6.39. The first-order valence-electron chi connectivity index (χ1n) is 7.41. The zero-order valence-electron chi connectivity index (χ0n) is 13.5. The van der Waals surface area contributed by atoms with E-state index in [0.29, 0.717) is 21.9 Å². The van der Waals surface area contributed by atoms with Crippen LogP contribution in [0.2, 0.25) is 5.02 Å². The first-order valence-corrected chi connectivity index (χ1v) is 8.60. The van der Waals surface area contributed by atoms with Crippen LogP contribution in [0.15, 0.2) is 63.1 Å². The predicted molar refractivity (Wildman–Crippen MR) is 96.6 cm³/mol. The lowest BCUT2D eigenvalue weighted by atomic mass is 10.2. The SMILES string of the molecule is COc1ccccc1/C=C(/Sc1nnc(-c2ccccc2Cl)o1)C(=O)[O-]. The maximum Gasteiger partial charge on any atom is 0.281 e. The number of halogens is 1. The van der Waals surface area contributed by atoms with Crippen molar-refractivity contribution in [2.75, 3.05) is 7.11 Å². The number of nitrogens with zero attached hydrogens (tertiary/aromatic N) is 2. The van der Waals surface area contributed by atoms with Crippen LogP contribution in [-0.2, 0) is 4.79 Å². The summed E-state index contributed by atoms with van der Waals surface area (Å²) in [5.74, 6) is -0.624. The van der Waals surface area contributed by atoms with Crippen molar-refractivity contribution < 1.29 is 19.1 Å². The van der Waals surface area contributed by atoms with Gasteiger partial charge in [0.1, 0.15) is 5.75 Å². The number of benzene rings is 2. The molecule has 8 heteroatoms. The molecule has 6 nitrogen and oxygen atoms in total. The zero-order chi connectivity index (χ0) is 18.5. The number of carboxylic acid groups (broad SMARTS) is 1. The van der Waals surface area contributed by atoms with E-state index in [1.807, 2.05) is 0 Å². The molecule has 132 valence electrons. The molecule has 0 amide bonds. The van der Waals surface area contributed by atoms with Crippen molar-refractivity contribution in [3.8, 4) is 17.2 Å². The van der Waals surface area contributed by atoms with E-state index in [2.05, 4.69) is 10.2 Å². The van der Waals surface area contributed by atoms with Crippen molar-refractivity contribution in [3.63, 3.8) is 0 Å². The van der Waals surface area contributed by atoms with Crippen molar-refractivity contribution in [1.29, 1.82) is 0 Å². The third-order valence-electron chi connectivity index (χ3n) is 3.33. The van der Waals surface area contributed by atoms with Crippen LogP contribution >= 0.6 is 23.4 Å². The zero-order valence-corrected chi connectivity index (χ0v) is 15.1. The first-order chi connectivity index (χ1) is 12.6. The molecule has 1 aromatic heterocycles. The third kappa shape index (κ3) is 4.07. The summed E-state index contributed by atoms with van der Waals surface area (Å²) < 4.78 is 10.7. The van der Waals surface area contributed by atoms with E-state index in [0.717, 1.165) is 11.8 Å². The second-order valence-electron chi connectivity index (χ2n) is 4.99. The summed E-state index contributed by atoms with van der Waals surface area (Å²) >= 11 is 6.89. The fourth-order valence-electron chi connectivity index (χ4n) is 2.15. The Hall–Kier alpha value is -2.77. The molecule has 3 aromatic rings. The Labute approximate surface area is 158 Å². The van der Waals surface area contributed by atoms with Gasteiger partial charge in [0.05, 0.1) is 23.7 Å². The Kier molecular flexibility index (Phi) is 5.60. The number of carboxylic acids is 1. The molecule has 0 N–H and O–H groups in total. The average Bonchev–Trinajstić information content (AvgIpc) is 3.10. The van der Waals surface area contributed by atoms with Crippen LogP contribution in [0.1, 0.15) is 5.56 Å². The lowest BCUT2D eigenvalue weighted by Gasteiger charge is -2.08. The van der Waals surface area contributed by atoms with Crippen molar-refractivity contribution in [1.82, 2.24) is 10.2 Å². The van der Waals surface area contributed by atoms with E-state index in [4.69, 9.17) is 20.8 Å². The van der Waals surface area contributed by atoms with Gasteiger partial charge in [-0.05, 0) is 36.0 Å². The molecule has 0 spiro atoms. The summed E-state index contributed by atoms with van der Waals surface area (Å²) in [6, 6.07) is 14.0. The molecule has 0 saturated carbocycles. The van der Waals surface area contributed by atoms with E-state index in [-0.39, 0.29) is 16.0 Å². The molecular formula is C18H12ClN2O4S-. The van der Waals surface area contributed by atoms with E-state index >= 15 is 0 Å². The van der Waals surface area contributed by atoms with Crippen LogP contribution in [0.4, 0.5) is 0 Å². The van der Waals surface area contributed by atoms with Gasteiger partial charge in [-0.25, -0.2) is 0 Å². The molecule has 0 unspecified atom stereocenters. The van der Waals surface area contributed by atoms with E-state index in [1.54, 1.807) is 48.5 Å². The van der Waals surface area contributed by atoms with Crippen LogP contribution in [-0.4, -0.2) is 23.3 Å². The summed E-state index contributed by atoms with van der Waals surface area (Å²) in [5.41, 5.74) is 1.16. The van der Waals surface area contributed by atoms with Gasteiger partial charge in [-0.3, -0.25) is 0 Å². The molecule has 26 heavy (non-hydrogen) atoms. The van der Waals surface area contributed by atoms with E-state index in [9.17, 15) is 9.90 Å². The average molecular weight is 388 g/mol. The number of hydrogen-bond acceptors (Lipinski definition) is 7. The van der Waals surface area contributed by atoms with Crippen LogP contribution in [0, 0.1) is 0 Å². The number of carbonyl (C=O) groups is 1. The molecule has 0 fully saturated rings. The van der Waals surface area contributed by atoms with Crippen LogP contribution < -0.4 is 9.84 Å². The Bertz CT molecular complexity index is 971. The standard InChI is InChI=1S/C18H13ClN2O4S/c1-24-14-9-5-2-6-11(14)10-15(17(22)23)26-18-21-20-16(25-18)12-7-3-4-8-13(12)19/h2-10H,1H3,(H,22,23)/p-1/b15-10+. The molecular weight excluding hydrogens is 376 g/mol. The van der Waals surface area contributed by atoms with Crippen LogP contribution in [0.25, 0.3) is 17.5 Å². The molecule has 3 rings (SSSR count). The van der Waals surface area contributed by atoms with Crippen molar-refractivity contribution >= 4 is 35.4 Å². The minimum Gasteiger partial charge on any atom is -0.544 e. The minimum absolute atomic E-state index is 0.0604. The van der Waals surface area contributed by atoms with Gasteiger partial charge >= 0.3 is 0 Å². The number of ether oxygens (including phenoxy) is 1. The van der Waals surface area contributed by atoms with E-state index in [1.165, 1.54) is 13.2 Å². The lowest BCUT2D eigenvalue weighted by molar-refractivity contribution is -0.298. The number of carbonyl (C=O) groups excluding carboxylic acids is 1. The number of aliphatic carboxylic acids is 1. The molecule has 2 aromatic carbocycles. The number of rotatable bonds is 6. The predicted octanol–water partition coefficient (Wildman–Crippen LogP) is 3.28. The highest BCUT2D eigenvalue weighted by Gasteiger charge is 2.14. The highest BCUT2D eigenvalue weighted by Crippen LogP contribution is 2.33. The normalized spacial score (nSPS) is 11.4. The van der Waals surface area contributed by atoms with Gasteiger partial charge in [-0.2, -0.15) is 0 Å². The summed E-state index contributed by atoms with van der Waals surface area (Å²) in [5, 5.41) is 19.8. The van der Waals surface area contributed by atoms with Crippen LogP contribution in [0.3, 0.4) is 0 Å². The minimum atomic E-state index is -1.36. The number of aromatic nitrogens is 2. The highest BCUT2D eigenvalue weighted by atomic mass is 35.5. The first kappa shape index (κ1) is 18.0.